The van der Waals surface area contributed by atoms with Crippen molar-refractivity contribution in [3.63, 3.8) is 0 Å². The maximum Gasteiger partial charge on any atom is 0.243 e. The Morgan fingerprint density at radius 1 is 1.25 bits per heavy atom. The number of nitrogens with one attached hydrogen (secondary N) is 1. The van der Waals surface area contributed by atoms with E-state index in [4.69, 9.17) is 9.57 Å². The maximum atomic E-state index is 12.7. The zero-order chi connectivity index (χ0) is 14.2. The molecule has 0 saturated heterocycles. The van der Waals surface area contributed by atoms with Crippen molar-refractivity contribution in [2.75, 3.05) is 6.61 Å². The average Bonchev–Trinajstić information content (AvgIpc) is 2.96. The van der Waals surface area contributed by atoms with Gasteiger partial charge >= 0.3 is 0 Å². The minimum Gasteiger partial charge on any atom is -0.494 e. The van der Waals surface area contributed by atoms with E-state index < -0.39 is 0 Å². The van der Waals surface area contributed by atoms with Crippen LogP contribution in [-0.2, 0) is 9.63 Å². The van der Waals surface area contributed by atoms with Crippen LogP contribution < -0.4 is 10.2 Å². The van der Waals surface area contributed by atoms with Crippen molar-refractivity contribution in [2.24, 2.45) is 0 Å². The fraction of sp³-hybridized carbons (Fsp3) is 0.533. The van der Waals surface area contributed by atoms with Crippen molar-refractivity contribution >= 4 is 5.91 Å². The summed E-state index contributed by atoms with van der Waals surface area (Å²) >= 11 is 0. The van der Waals surface area contributed by atoms with Crippen molar-refractivity contribution in [3.8, 4) is 5.75 Å². The summed E-state index contributed by atoms with van der Waals surface area (Å²) in [5, 5.41) is 0. The molecule has 1 aliphatic carbocycles. The molecule has 0 bridgehead atoms. The van der Waals surface area contributed by atoms with Gasteiger partial charge in [0.2, 0.25) is 5.91 Å². The molecule has 4 nitrogen and oxygen atoms in total. The summed E-state index contributed by atoms with van der Waals surface area (Å²) in [7, 11) is 0. The normalized spacial score (nSPS) is 15.2. The lowest BCUT2D eigenvalue weighted by Gasteiger charge is -2.11. The van der Waals surface area contributed by atoms with E-state index in [0.29, 0.717) is 25.2 Å². The third kappa shape index (κ3) is 5.17. The number of carbonyl (C=O) groups excluding carboxylic acids is 1. The molecule has 1 aromatic rings. The molecule has 1 aromatic carbocycles. The Kier molecular flexibility index (Phi) is 5.80. The van der Waals surface area contributed by atoms with Gasteiger partial charge in [-0.05, 0) is 43.5 Å². The summed E-state index contributed by atoms with van der Waals surface area (Å²) in [4.78, 5) is 16.8. The second-order valence-corrected chi connectivity index (χ2v) is 4.96. The molecule has 5 heteroatoms. The van der Waals surface area contributed by atoms with Crippen LogP contribution in [0.3, 0.4) is 0 Å². The first-order chi connectivity index (χ1) is 9.74. The van der Waals surface area contributed by atoms with Crippen LogP contribution in [0.5, 0.6) is 5.75 Å². The molecule has 0 unspecified atom stereocenters. The van der Waals surface area contributed by atoms with Crippen LogP contribution in [0.15, 0.2) is 24.3 Å². The van der Waals surface area contributed by atoms with Crippen molar-refractivity contribution in [1.82, 2.24) is 5.48 Å². The first-order valence-electron chi connectivity index (χ1n) is 7.07. The molecule has 1 amide bonds. The van der Waals surface area contributed by atoms with Gasteiger partial charge in [-0.15, -0.1) is 0 Å². The molecule has 0 atom stereocenters. The Balaban J connectivity index is 1.53. The molecule has 1 fully saturated rings. The second-order valence-electron chi connectivity index (χ2n) is 4.96. The number of amides is 1. The molecule has 1 saturated carbocycles. The molecule has 0 spiro atoms. The number of benzene rings is 1. The molecular formula is C15H20FNO3. The first-order valence-corrected chi connectivity index (χ1v) is 7.07. The molecule has 0 aromatic heterocycles. The monoisotopic (exact) mass is 281 g/mol. The fourth-order valence-electron chi connectivity index (χ4n) is 2.16. The third-order valence-corrected chi connectivity index (χ3v) is 3.27. The Morgan fingerprint density at radius 3 is 2.65 bits per heavy atom. The molecule has 0 heterocycles. The van der Waals surface area contributed by atoms with Crippen LogP contribution >= 0.6 is 0 Å². The Morgan fingerprint density at radius 2 is 1.95 bits per heavy atom. The molecule has 20 heavy (non-hydrogen) atoms. The zero-order valence-electron chi connectivity index (χ0n) is 11.4. The molecule has 0 radical (unpaired) electrons. The predicted molar refractivity (Wildman–Crippen MR) is 72.6 cm³/mol. The van der Waals surface area contributed by atoms with Crippen LogP contribution in [0.2, 0.25) is 0 Å². The number of halogens is 1. The van der Waals surface area contributed by atoms with E-state index in [9.17, 15) is 9.18 Å². The number of rotatable bonds is 7. The zero-order valence-corrected chi connectivity index (χ0v) is 11.4. The van der Waals surface area contributed by atoms with Crippen LogP contribution in [0.25, 0.3) is 0 Å². The summed E-state index contributed by atoms with van der Waals surface area (Å²) < 4.78 is 18.1. The SMILES string of the molecule is O=C(CCCOc1ccc(F)cc1)NOC1CCCC1. The van der Waals surface area contributed by atoms with E-state index in [1.54, 1.807) is 12.1 Å². The average molecular weight is 281 g/mol. The van der Waals surface area contributed by atoms with Crippen molar-refractivity contribution in [3.05, 3.63) is 30.1 Å². The van der Waals surface area contributed by atoms with Gasteiger partial charge < -0.3 is 4.74 Å². The highest BCUT2D eigenvalue weighted by Gasteiger charge is 2.16. The van der Waals surface area contributed by atoms with Crippen LogP contribution in [0.4, 0.5) is 4.39 Å². The van der Waals surface area contributed by atoms with Crippen molar-refractivity contribution in [2.45, 2.75) is 44.6 Å². The van der Waals surface area contributed by atoms with E-state index >= 15 is 0 Å². The van der Waals surface area contributed by atoms with Gasteiger partial charge in [0, 0.05) is 6.42 Å². The molecule has 1 aliphatic rings. The number of hydroxylamine groups is 1. The third-order valence-electron chi connectivity index (χ3n) is 3.27. The predicted octanol–water partition coefficient (Wildman–Crippen LogP) is 2.98. The lowest BCUT2D eigenvalue weighted by atomic mass is 10.3. The Bertz CT molecular complexity index is 416. The summed E-state index contributed by atoms with van der Waals surface area (Å²) in [6, 6.07) is 5.83. The molecule has 1 N–H and O–H groups in total. The van der Waals surface area contributed by atoms with Gasteiger partial charge in [-0.2, -0.15) is 0 Å². The summed E-state index contributed by atoms with van der Waals surface area (Å²) in [6.45, 7) is 0.419. The van der Waals surface area contributed by atoms with E-state index in [2.05, 4.69) is 5.48 Å². The van der Waals surface area contributed by atoms with Crippen molar-refractivity contribution < 1.29 is 18.8 Å². The quantitative estimate of drug-likeness (QED) is 0.617. The van der Waals surface area contributed by atoms with Gasteiger partial charge in [0.25, 0.3) is 0 Å². The fourth-order valence-corrected chi connectivity index (χ4v) is 2.16. The molecule has 110 valence electrons. The molecule has 2 rings (SSSR count). The van der Waals surface area contributed by atoms with Crippen molar-refractivity contribution in [1.29, 1.82) is 0 Å². The molecule has 0 aliphatic heterocycles. The topological polar surface area (TPSA) is 47.6 Å². The highest BCUT2D eigenvalue weighted by Crippen LogP contribution is 2.19. The lowest BCUT2D eigenvalue weighted by Crippen LogP contribution is -2.28. The number of ether oxygens (including phenoxy) is 1. The van der Waals surface area contributed by atoms with E-state index in [1.807, 2.05) is 0 Å². The number of hydrogen-bond donors (Lipinski definition) is 1. The molecular weight excluding hydrogens is 261 g/mol. The van der Waals surface area contributed by atoms with Crippen LogP contribution in [0, 0.1) is 5.82 Å². The number of carbonyl (C=O) groups is 1. The number of hydrogen-bond acceptors (Lipinski definition) is 3. The maximum absolute atomic E-state index is 12.7. The van der Waals surface area contributed by atoms with Gasteiger partial charge in [0.15, 0.2) is 0 Å². The van der Waals surface area contributed by atoms with Gasteiger partial charge in [0.1, 0.15) is 11.6 Å². The van der Waals surface area contributed by atoms with Crippen LogP contribution in [-0.4, -0.2) is 18.6 Å². The van der Waals surface area contributed by atoms with E-state index in [-0.39, 0.29) is 17.8 Å². The Hall–Kier alpha value is -1.62. The van der Waals surface area contributed by atoms with Gasteiger partial charge in [0.05, 0.1) is 12.7 Å². The van der Waals surface area contributed by atoms with Gasteiger partial charge in [-0.1, -0.05) is 12.8 Å². The Labute approximate surface area is 118 Å². The van der Waals surface area contributed by atoms with Gasteiger partial charge in [-0.3, -0.25) is 9.63 Å². The lowest BCUT2D eigenvalue weighted by molar-refractivity contribution is -0.138. The largest absolute Gasteiger partial charge is 0.494 e. The van der Waals surface area contributed by atoms with Crippen LogP contribution in [0.1, 0.15) is 38.5 Å². The highest BCUT2D eigenvalue weighted by molar-refractivity contribution is 5.74. The standard InChI is InChI=1S/C15H20FNO3/c16-12-7-9-13(10-8-12)19-11-3-6-15(18)17-20-14-4-1-2-5-14/h7-10,14H,1-6,11H2,(H,17,18). The van der Waals surface area contributed by atoms with E-state index in [1.165, 1.54) is 25.0 Å². The summed E-state index contributed by atoms with van der Waals surface area (Å²) in [6.07, 6.45) is 5.51. The summed E-state index contributed by atoms with van der Waals surface area (Å²) in [5.74, 6) is 0.189. The first kappa shape index (κ1) is 14.8. The smallest absolute Gasteiger partial charge is 0.243 e. The second kappa shape index (κ2) is 7.85. The van der Waals surface area contributed by atoms with Gasteiger partial charge in [-0.25, -0.2) is 9.87 Å². The minimum atomic E-state index is -0.291. The summed E-state index contributed by atoms with van der Waals surface area (Å²) in [5.41, 5.74) is 2.49. The highest BCUT2D eigenvalue weighted by atomic mass is 19.1. The minimum absolute atomic E-state index is 0.125. The van der Waals surface area contributed by atoms with E-state index in [0.717, 1.165) is 12.8 Å².